The minimum absolute atomic E-state index is 0.140. The van der Waals surface area contributed by atoms with E-state index in [2.05, 4.69) is 11.9 Å². The lowest BCUT2D eigenvalue weighted by atomic mass is 9.97. The molecule has 0 aromatic carbocycles. The molecule has 1 aliphatic heterocycles. The Labute approximate surface area is 99.2 Å². The number of carbonyl (C=O) groups is 1. The highest BCUT2D eigenvalue weighted by Gasteiger charge is 2.21. The summed E-state index contributed by atoms with van der Waals surface area (Å²) in [4.78, 5) is 17.8. The molecule has 1 saturated heterocycles. The SMILES string of the molecule is CCN(C)C(=O)N(C)CC1CCN(C)CC1. The molecule has 0 aliphatic carbocycles. The molecule has 0 radical (unpaired) electrons. The number of hydrogen-bond donors (Lipinski definition) is 0. The van der Waals surface area contributed by atoms with E-state index in [-0.39, 0.29) is 6.03 Å². The van der Waals surface area contributed by atoms with Gasteiger partial charge in [0.25, 0.3) is 0 Å². The maximum atomic E-state index is 11.9. The standard InChI is InChI=1S/C12H25N3O/c1-5-14(3)12(16)15(4)10-11-6-8-13(2)9-7-11/h11H,5-10H2,1-4H3. The molecule has 1 rings (SSSR count). The Morgan fingerprint density at radius 2 is 1.81 bits per heavy atom. The van der Waals surface area contributed by atoms with Crippen LogP contribution in [-0.2, 0) is 0 Å². The zero-order valence-corrected chi connectivity index (χ0v) is 11.1. The second kappa shape index (κ2) is 6.09. The summed E-state index contributed by atoms with van der Waals surface area (Å²) >= 11 is 0. The van der Waals surface area contributed by atoms with Gasteiger partial charge in [-0.15, -0.1) is 0 Å². The summed E-state index contributed by atoms with van der Waals surface area (Å²) in [6, 6.07) is 0.140. The number of rotatable bonds is 3. The fraction of sp³-hybridized carbons (Fsp3) is 0.917. The van der Waals surface area contributed by atoms with E-state index >= 15 is 0 Å². The van der Waals surface area contributed by atoms with Gasteiger partial charge in [-0.05, 0) is 45.8 Å². The highest BCUT2D eigenvalue weighted by Crippen LogP contribution is 2.17. The van der Waals surface area contributed by atoms with Gasteiger partial charge in [0.05, 0.1) is 0 Å². The van der Waals surface area contributed by atoms with Crippen molar-refractivity contribution in [1.82, 2.24) is 14.7 Å². The number of carbonyl (C=O) groups excluding carboxylic acids is 1. The molecule has 0 bridgehead atoms. The summed E-state index contributed by atoms with van der Waals surface area (Å²) in [5.74, 6) is 0.676. The van der Waals surface area contributed by atoms with Gasteiger partial charge >= 0.3 is 6.03 Å². The van der Waals surface area contributed by atoms with Crippen LogP contribution in [0.25, 0.3) is 0 Å². The second-order valence-corrected chi connectivity index (χ2v) is 4.92. The lowest BCUT2D eigenvalue weighted by Crippen LogP contribution is -2.43. The van der Waals surface area contributed by atoms with Gasteiger partial charge in [-0.2, -0.15) is 0 Å². The first-order valence-electron chi connectivity index (χ1n) is 6.19. The molecular weight excluding hydrogens is 202 g/mol. The first-order chi connectivity index (χ1) is 7.54. The van der Waals surface area contributed by atoms with Gasteiger partial charge < -0.3 is 14.7 Å². The van der Waals surface area contributed by atoms with E-state index in [0.29, 0.717) is 5.92 Å². The Kier molecular flexibility index (Phi) is 5.06. The van der Waals surface area contributed by atoms with Gasteiger partial charge in [-0.25, -0.2) is 4.79 Å². The summed E-state index contributed by atoms with van der Waals surface area (Å²) in [7, 11) is 5.93. The van der Waals surface area contributed by atoms with Crippen molar-refractivity contribution in [1.29, 1.82) is 0 Å². The molecular formula is C12H25N3O. The van der Waals surface area contributed by atoms with Crippen LogP contribution in [0.4, 0.5) is 4.79 Å². The normalized spacial score (nSPS) is 18.5. The molecule has 0 atom stereocenters. The summed E-state index contributed by atoms with van der Waals surface area (Å²) in [6.45, 7) is 6.00. The molecule has 0 saturated carbocycles. The van der Waals surface area contributed by atoms with Crippen molar-refractivity contribution >= 4 is 6.03 Å². The fourth-order valence-corrected chi connectivity index (χ4v) is 2.14. The molecule has 1 aliphatic rings. The van der Waals surface area contributed by atoms with Crippen LogP contribution in [0.15, 0.2) is 0 Å². The minimum atomic E-state index is 0.140. The van der Waals surface area contributed by atoms with Crippen molar-refractivity contribution in [3.05, 3.63) is 0 Å². The van der Waals surface area contributed by atoms with E-state index in [1.54, 1.807) is 4.90 Å². The molecule has 4 nitrogen and oxygen atoms in total. The summed E-state index contributed by atoms with van der Waals surface area (Å²) in [6.07, 6.45) is 2.42. The Morgan fingerprint density at radius 1 is 1.25 bits per heavy atom. The Morgan fingerprint density at radius 3 is 2.31 bits per heavy atom. The molecule has 1 fully saturated rings. The van der Waals surface area contributed by atoms with Crippen molar-refractivity contribution in [2.24, 2.45) is 5.92 Å². The number of piperidine rings is 1. The summed E-state index contributed by atoms with van der Waals surface area (Å²) in [5.41, 5.74) is 0. The van der Waals surface area contributed by atoms with Crippen LogP contribution in [0, 0.1) is 5.92 Å². The quantitative estimate of drug-likeness (QED) is 0.727. The van der Waals surface area contributed by atoms with E-state index in [1.165, 1.54) is 12.8 Å². The Bertz CT molecular complexity index is 224. The van der Waals surface area contributed by atoms with E-state index in [1.807, 2.05) is 25.9 Å². The average molecular weight is 227 g/mol. The predicted molar refractivity (Wildman–Crippen MR) is 66.6 cm³/mol. The van der Waals surface area contributed by atoms with Crippen molar-refractivity contribution in [3.63, 3.8) is 0 Å². The van der Waals surface area contributed by atoms with Gasteiger partial charge in [0.15, 0.2) is 0 Å². The number of nitrogens with zero attached hydrogens (tertiary/aromatic N) is 3. The fourth-order valence-electron chi connectivity index (χ4n) is 2.14. The highest BCUT2D eigenvalue weighted by atomic mass is 16.2. The minimum Gasteiger partial charge on any atom is -0.328 e. The monoisotopic (exact) mass is 227 g/mol. The van der Waals surface area contributed by atoms with Gasteiger partial charge in [0.1, 0.15) is 0 Å². The van der Waals surface area contributed by atoms with E-state index in [9.17, 15) is 4.79 Å². The maximum absolute atomic E-state index is 11.9. The Hall–Kier alpha value is -0.770. The maximum Gasteiger partial charge on any atom is 0.319 e. The lowest BCUT2D eigenvalue weighted by Gasteiger charge is -2.32. The van der Waals surface area contributed by atoms with Crippen LogP contribution < -0.4 is 0 Å². The van der Waals surface area contributed by atoms with Crippen LogP contribution in [0.1, 0.15) is 19.8 Å². The molecule has 0 aromatic heterocycles. The topological polar surface area (TPSA) is 26.8 Å². The first-order valence-corrected chi connectivity index (χ1v) is 6.19. The summed E-state index contributed by atoms with van der Waals surface area (Å²) in [5, 5.41) is 0. The highest BCUT2D eigenvalue weighted by molar-refractivity contribution is 5.73. The van der Waals surface area contributed by atoms with Gasteiger partial charge in [0.2, 0.25) is 0 Å². The number of amides is 2. The van der Waals surface area contributed by atoms with Crippen molar-refractivity contribution < 1.29 is 4.79 Å². The average Bonchev–Trinajstić information content (AvgIpc) is 2.30. The van der Waals surface area contributed by atoms with Gasteiger partial charge in [0, 0.05) is 27.2 Å². The molecule has 94 valence electrons. The summed E-state index contributed by atoms with van der Waals surface area (Å²) < 4.78 is 0. The molecule has 4 heteroatoms. The number of likely N-dealkylation sites (tertiary alicyclic amines) is 1. The van der Waals surface area contributed by atoms with Crippen molar-refractivity contribution in [2.75, 3.05) is 47.3 Å². The van der Waals surface area contributed by atoms with Crippen LogP contribution in [0.5, 0.6) is 0 Å². The molecule has 16 heavy (non-hydrogen) atoms. The third-order valence-corrected chi connectivity index (χ3v) is 3.50. The molecule has 0 aromatic rings. The van der Waals surface area contributed by atoms with E-state index < -0.39 is 0 Å². The lowest BCUT2D eigenvalue weighted by molar-refractivity contribution is 0.149. The molecule has 2 amide bonds. The third-order valence-electron chi connectivity index (χ3n) is 3.50. The van der Waals surface area contributed by atoms with Crippen molar-refractivity contribution in [2.45, 2.75) is 19.8 Å². The molecule has 0 spiro atoms. The number of urea groups is 1. The zero-order chi connectivity index (χ0) is 12.1. The molecule has 1 heterocycles. The van der Waals surface area contributed by atoms with E-state index in [4.69, 9.17) is 0 Å². The van der Waals surface area contributed by atoms with Gasteiger partial charge in [-0.1, -0.05) is 0 Å². The molecule has 0 N–H and O–H groups in total. The third kappa shape index (κ3) is 3.67. The predicted octanol–water partition coefficient (Wildman–Crippen LogP) is 1.33. The van der Waals surface area contributed by atoms with Crippen molar-refractivity contribution in [3.8, 4) is 0 Å². The van der Waals surface area contributed by atoms with Crippen LogP contribution >= 0.6 is 0 Å². The van der Waals surface area contributed by atoms with Crippen LogP contribution in [0.3, 0.4) is 0 Å². The van der Waals surface area contributed by atoms with E-state index in [0.717, 1.165) is 26.2 Å². The van der Waals surface area contributed by atoms with Crippen LogP contribution in [0.2, 0.25) is 0 Å². The largest absolute Gasteiger partial charge is 0.328 e. The van der Waals surface area contributed by atoms with Crippen LogP contribution in [-0.4, -0.2) is 68.1 Å². The van der Waals surface area contributed by atoms with Gasteiger partial charge in [-0.3, -0.25) is 0 Å². The molecule has 0 unspecified atom stereocenters. The Balaban J connectivity index is 2.33. The number of hydrogen-bond acceptors (Lipinski definition) is 2. The second-order valence-electron chi connectivity index (χ2n) is 4.92. The zero-order valence-electron chi connectivity index (χ0n) is 11.1. The smallest absolute Gasteiger partial charge is 0.319 e. The first kappa shape index (κ1) is 13.3.